The molecule has 1 aliphatic carbocycles. The van der Waals surface area contributed by atoms with Gasteiger partial charge >= 0.3 is 0 Å². The zero-order chi connectivity index (χ0) is 11.1. The maximum absolute atomic E-state index is 5.75. The van der Waals surface area contributed by atoms with E-state index in [1.165, 1.54) is 0 Å². The van der Waals surface area contributed by atoms with Crippen molar-refractivity contribution in [2.75, 3.05) is 6.54 Å². The molecule has 2 aliphatic rings. The molecule has 0 saturated carbocycles. The molecular weight excluding hydrogens is 188 g/mol. The maximum Gasteiger partial charge on any atom is 0.0933 e. The monoisotopic (exact) mass is 206 g/mol. The van der Waals surface area contributed by atoms with Crippen LogP contribution in [0.4, 0.5) is 0 Å². The van der Waals surface area contributed by atoms with Gasteiger partial charge in [0.1, 0.15) is 0 Å². The summed E-state index contributed by atoms with van der Waals surface area (Å²) in [5.74, 6) is 0. The van der Waals surface area contributed by atoms with Gasteiger partial charge in [0.25, 0.3) is 0 Å². The average molecular weight is 206 g/mol. The maximum atomic E-state index is 5.75. The topological polar surface area (TPSA) is 53.6 Å². The molecule has 0 aromatic carbocycles. The molecule has 0 spiro atoms. The quantitative estimate of drug-likeness (QED) is 0.680. The lowest BCUT2D eigenvalue weighted by Gasteiger charge is -2.28. The van der Waals surface area contributed by atoms with Gasteiger partial charge in [0.2, 0.25) is 0 Å². The Morgan fingerprint density at radius 3 is 2.87 bits per heavy atom. The molecule has 4 heteroatoms. The lowest BCUT2D eigenvalue weighted by atomic mass is 9.96. The molecule has 82 valence electrons. The highest BCUT2D eigenvalue weighted by atomic mass is 15.7. The Kier molecular flexibility index (Phi) is 2.21. The number of allylic oxidation sites excluding steroid dienone is 4. The molecule has 0 amide bonds. The molecule has 0 fully saturated rings. The van der Waals surface area contributed by atoms with Gasteiger partial charge in [-0.25, -0.2) is 5.53 Å². The zero-order valence-corrected chi connectivity index (χ0v) is 9.54. The van der Waals surface area contributed by atoms with E-state index < -0.39 is 0 Å². The number of hydrazine groups is 1. The van der Waals surface area contributed by atoms with E-state index in [0.29, 0.717) is 0 Å². The van der Waals surface area contributed by atoms with Crippen molar-refractivity contribution in [1.82, 2.24) is 10.5 Å². The van der Waals surface area contributed by atoms with Crippen molar-refractivity contribution in [3.63, 3.8) is 0 Å². The Morgan fingerprint density at radius 2 is 2.20 bits per heavy atom. The van der Waals surface area contributed by atoms with E-state index in [1.54, 1.807) is 0 Å². The predicted molar refractivity (Wildman–Crippen MR) is 61.7 cm³/mol. The molecule has 0 bridgehead atoms. The standard InChI is InChI=1S/C11H18N4/c1-11(2,3)7-15-10-5-4-8(12)6-9(10)13-14-15/h4-5,14H,6-7,12H2,1-3H3. The Labute approximate surface area is 90.5 Å². The van der Waals surface area contributed by atoms with Gasteiger partial charge < -0.3 is 5.73 Å². The van der Waals surface area contributed by atoms with Crippen LogP contribution in [0.3, 0.4) is 0 Å². The number of nitrogens with one attached hydrogen (secondary N) is 1. The SMILES string of the molecule is CC(C)(C)CN1NN=C2CC(N)=CC=C21. The third kappa shape index (κ3) is 2.14. The highest BCUT2D eigenvalue weighted by Gasteiger charge is 2.27. The van der Waals surface area contributed by atoms with Crippen LogP contribution in [0.15, 0.2) is 28.6 Å². The molecule has 0 saturated heterocycles. The summed E-state index contributed by atoms with van der Waals surface area (Å²) in [6.07, 6.45) is 4.74. The number of nitrogens with zero attached hydrogens (tertiary/aromatic N) is 2. The third-order valence-electron chi connectivity index (χ3n) is 2.35. The summed E-state index contributed by atoms with van der Waals surface area (Å²) in [5.41, 5.74) is 12.1. The normalized spacial score (nSPS) is 20.2. The molecule has 1 heterocycles. The van der Waals surface area contributed by atoms with Crippen molar-refractivity contribution >= 4 is 5.71 Å². The van der Waals surface area contributed by atoms with Crippen molar-refractivity contribution < 1.29 is 0 Å². The number of hydrazone groups is 1. The largest absolute Gasteiger partial charge is 0.402 e. The molecule has 4 nitrogen and oxygen atoms in total. The minimum Gasteiger partial charge on any atom is -0.402 e. The van der Waals surface area contributed by atoms with E-state index in [2.05, 4.69) is 36.4 Å². The van der Waals surface area contributed by atoms with Crippen molar-refractivity contribution in [3.05, 3.63) is 23.5 Å². The molecular formula is C11H18N4. The highest BCUT2D eigenvalue weighted by Crippen LogP contribution is 2.24. The second-order valence-electron chi connectivity index (χ2n) is 5.28. The van der Waals surface area contributed by atoms with Gasteiger partial charge in [-0.15, -0.1) is 0 Å². The van der Waals surface area contributed by atoms with E-state index in [-0.39, 0.29) is 5.41 Å². The first-order valence-corrected chi connectivity index (χ1v) is 5.22. The van der Waals surface area contributed by atoms with Gasteiger partial charge in [0.15, 0.2) is 0 Å². The van der Waals surface area contributed by atoms with Crippen LogP contribution in [-0.2, 0) is 0 Å². The molecule has 2 rings (SSSR count). The summed E-state index contributed by atoms with van der Waals surface area (Å²) in [6, 6.07) is 0. The summed E-state index contributed by atoms with van der Waals surface area (Å²) >= 11 is 0. The highest BCUT2D eigenvalue weighted by molar-refractivity contribution is 6.03. The van der Waals surface area contributed by atoms with Crippen LogP contribution >= 0.6 is 0 Å². The lowest BCUT2D eigenvalue weighted by molar-refractivity contribution is 0.196. The molecule has 15 heavy (non-hydrogen) atoms. The summed E-state index contributed by atoms with van der Waals surface area (Å²) in [4.78, 5) is 0. The van der Waals surface area contributed by atoms with Crippen molar-refractivity contribution in [1.29, 1.82) is 0 Å². The Hall–Kier alpha value is -1.45. The van der Waals surface area contributed by atoms with E-state index in [9.17, 15) is 0 Å². The van der Waals surface area contributed by atoms with Crippen molar-refractivity contribution in [2.45, 2.75) is 27.2 Å². The summed E-state index contributed by atoms with van der Waals surface area (Å²) < 4.78 is 0. The third-order valence-corrected chi connectivity index (χ3v) is 2.35. The minimum absolute atomic E-state index is 0.242. The summed E-state index contributed by atoms with van der Waals surface area (Å²) in [6.45, 7) is 7.56. The summed E-state index contributed by atoms with van der Waals surface area (Å²) in [7, 11) is 0. The Balaban J connectivity index is 2.14. The molecule has 0 unspecified atom stereocenters. The average Bonchev–Trinajstić information content (AvgIpc) is 2.45. The van der Waals surface area contributed by atoms with E-state index >= 15 is 0 Å². The van der Waals surface area contributed by atoms with Gasteiger partial charge in [-0.3, -0.25) is 5.01 Å². The number of hydrogen-bond donors (Lipinski definition) is 2. The smallest absolute Gasteiger partial charge is 0.0933 e. The molecule has 0 radical (unpaired) electrons. The first-order valence-electron chi connectivity index (χ1n) is 5.22. The van der Waals surface area contributed by atoms with Crippen LogP contribution in [0.5, 0.6) is 0 Å². The second-order valence-corrected chi connectivity index (χ2v) is 5.28. The lowest BCUT2D eigenvalue weighted by Crippen LogP contribution is -2.37. The Morgan fingerprint density at radius 1 is 1.47 bits per heavy atom. The van der Waals surface area contributed by atoms with Crippen LogP contribution in [0, 0.1) is 5.41 Å². The molecule has 0 atom stereocenters. The number of rotatable bonds is 1. The fourth-order valence-corrected chi connectivity index (χ4v) is 1.74. The predicted octanol–water partition coefficient (Wildman–Crippen LogP) is 1.34. The fourth-order valence-electron chi connectivity index (χ4n) is 1.74. The zero-order valence-electron chi connectivity index (χ0n) is 9.54. The van der Waals surface area contributed by atoms with Crippen molar-refractivity contribution in [2.24, 2.45) is 16.3 Å². The van der Waals surface area contributed by atoms with Gasteiger partial charge in [-0.05, 0) is 17.6 Å². The summed E-state index contributed by atoms with van der Waals surface area (Å²) in [5, 5.41) is 6.36. The number of nitrogens with two attached hydrogens (primary N) is 1. The molecule has 3 N–H and O–H groups in total. The number of hydrogen-bond acceptors (Lipinski definition) is 4. The van der Waals surface area contributed by atoms with Crippen LogP contribution in [0.2, 0.25) is 0 Å². The van der Waals surface area contributed by atoms with Gasteiger partial charge in [0, 0.05) is 18.7 Å². The van der Waals surface area contributed by atoms with Gasteiger partial charge in [-0.2, -0.15) is 5.10 Å². The van der Waals surface area contributed by atoms with Crippen LogP contribution in [0.25, 0.3) is 0 Å². The fraction of sp³-hybridized carbons (Fsp3) is 0.545. The van der Waals surface area contributed by atoms with Gasteiger partial charge in [0.05, 0.1) is 11.4 Å². The molecule has 1 aliphatic heterocycles. The minimum atomic E-state index is 0.242. The van der Waals surface area contributed by atoms with Crippen LogP contribution < -0.4 is 11.3 Å². The number of fused-ring (bicyclic) bond motifs is 1. The molecule has 0 aromatic rings. The van der Waals surface area contributed by atoms with E-state index in [1.807, 2.05) is 12.2 Å². The Bertz CT molecular complexity index is 357. The van der Waals surface area contributed by atoms with E-state index in [0.717, 1.165) is 30.1 Å². The van der Waals surface area contributed by atoms with Crippen LogP contribution in [-0.4, -0.2) is 17.3 Å². The van der Waals surface area contributed by atoms with Crippen molar-refractivity contribution in [3.8, 4) is 0 Å². The molecule has 0 aromatic heterocycles. The van der Waals surface area contributed by atoms with Crippen LogP contribution in [0.1, 0.15) is 27.2 Å². The second kappa shape index (κ2) is 3.29. The first kappa shape index (κ1) is 10.1. The van der Waals surface area contributed by atoms with Gasteiger partial charge in [-0.1, -0.05) is 20.8 Å². The first-order chi connectivity index (χ1) is 6.96. The van der Waals surface area contributed by atoms with E-state index in [4.69, 9.17) is 5.73 Å².